The molecule has 6 nitrogen and oxygen atoms in total. The van der Waals surface area contributed by atoms with Crippen LogP contribution in [0.1, 0.15) is 44.1 Å². The van der Waals surface area contributed by atoms with Crippen LogP contribution in [0.3, 0.4) is 0 Å². The lowest BCUT2D eigenvalue weighted by molar-refractivity contribution is 0.102. The van der Waals surface area contributed by atoms with Gasteiger partial charge in [-0.3, -0.25) is 4.79 Å². The van der Waals surface area contributed by atoms with Crippen LogP contribution in [0.5, 0.6) is 23.1 Å². The van der Waals surface area contributed by atoms with Crippen molar-refractivity contribution in [1.82, 2.24) is 4.98 Å². The van der Waals surface area contributed by atoms with Gasteiger partial charge in [-0.25, -0.2) is 4.98 Å². The molecular formula is C33H27ClN2O4. The standard InChI is InChI=1S/C33H27ClN2O4/c1-20-17-27(18-21(2)32(20)34)40-30-16-11-24(19-35-30)36-33(39)29-6-4-3-5-28(29)31(22-7-12-25(37)13-8-22)23-9-14-26(38)15-10-23/h3-19,31,37-38H,1-2H3,(H,36,39). The fourth-order valence-electron chi connectivity index (χ4n) is 4.64. The third-order valence-corrected chi connectivity index (χ3v) is 7.19. The summed E-state index contributed by atoms with van der Waals surface area (Å²) in [5.41, 5.74) is 5.38. The summed E-state index contributed by atoms with van der Waals surface area (Å²) in [5.74, 6) is 0.716. The summed E-state index contributed by atoms with van der Waals surface area (Å²) >= 11 is 6.25. The van der Waals surface area contributed by atoms with E-state index in [1.165, 1.54) is 0 Å². The summed E-state index contributed by atoms with van der Waals surface area (Å²) in [6, 6.07) is 28.3. The lowest BCUT2D eigenvalue weighted by Gasteiger charge is -2.22. The molecule has 0 unspecified atom stereocenters. The first-order valence-corrected chi connectivity index (χ1v) is 13.0. The molecule has 7 heteroatoms. The van der Waals surface area contributed by atoms with Crippen molar-refractivity contribution in [2.24, 2.45) is 0 Å². The van der Waals surface area contributed by atoms with Crippen molar-refractivity contribution in [2.75, 3.05) is 5.32 Å². The number of benzene rings is 4. The molecule has 4 aromatic carbocycles. The van der Waals surface area contributed by atoms with Gasteiger partial charge in [-0.2, -0.15) is 0 Å². The summed E-state index contributed by atoms with van der Waals surface area (Å²) in [5, 5.41) is 23.3. The van der Waals surface area contributed by atoms with Crippen molar-refractivity contribution in [1.29, 1.82) is 0 Å². The van der Waals surface area contributed by atoms with Gasteiger partial charge in [0.15, 0.2) is 0 Å². The molecule has 40 heavy (non-hydrogen) atoms. The molecule has 3 N–H and O–H groups in total. The normalized spacial score (nSPS) is 10.9. The van der Waals surface area contributed by atoms with Crippen LogP contribution in [0.15, 0.2) is 103 Å². The smallest absolute Gasteiger partial charge is 0.256 e. The molecular weight excluding hydrogens is 524 g/mol. The molecule has 0 spiro atoms. The van der Waals surface area contributed by atoms with E-state index < -0.39 is 0 Å². The highest BCUT2D eigenvalue weighted by Gasteiger charge is 2.23. The second-order valence-electron chi connectivity index (χ2n) is 9.52. The minimum absolute atomic E-state index is 0.153. The first kappa shape index (κ1) is 26.8. The van der Waals surface area contributed by atoms with Gasteiger partial charge < -0.3 is 20.3 Å². The van der Waals surface area contributed by atoms with E-state index in [0.717, 1.165) is 27.8 Å². The summed E-state index contributed by atoms with van der Waals surface area (Å²) in [6.07, 6.45) is 1.54. The summed E-state index contributed by atoms with van der Waals surface area (Å²) in [6.45, 7) is 3.83. The van der Waals surface area contributed by atoms with E-state index in [0.29, 0.717) is 27.9 Å². The molecule has 5 rings (SSSR count). The number of phenols is 2. The zero-order chi connectivity index (χ0) is 28.2. The van der Waals surface area contributed by atoms with Gasteiger partial charge in [-0.05, 0) is 90.2 Å². The average Bonchev–Trinajstić information content (AvgIpc) is 2.95. The number of aryl methyl sites for hydroxylation is 2. The zero-order valence-corrected chi connectivity index (χ0v) is 22.7. The van der Waals surface area contributed by atoms with E-state index in [1.807, 2.05) is 68.4 Å². The van der Waals surface area contributed by atoms with E-state index in [2.05, 4.69) is 10.3 Å². The molecule has 0 fully saturated rings. The SMILES string of the molecule is Cc1cc(Oc2ccc(NC(=O)c3ccccc3C(c3ccc(O)cc3)c3ccc(O)cc3)cn2)cc(C)c1Cl. The van der Waals surface area contributed by atoms with Crippen molar-refractivity contribution in [3.63, 3.8) is 0 Å². The number of carbonyl (C=O) groups excluding carboxylic acids is 1. The number of rotatable bonds is 7. The van der Waals surface area contributed by atoms with Gasteiger partial charge in [-0.1, -0.05) is 54.1 Å². The minimum Gasteiger partial charge on any atom is -0.508 e. The van der Waals surface area contributed by atoms with Crippen molar-refractivity contribution in [2.45, 2.75) is 19.8 Å². The molecule has 1 amide bonds. The van der Waals surface area contributed by atoms with Crippen LogP contribution in [-0.4, -0.2) is 21.1 Å². The minimum atomic E-state index is -0.316. The predicted octanol–water partition coefficient (Wildman–Crippen LogP) is 7.99. The molecule has 0 aliphatic heterocycles. The molecule has 0 saturated heterocycles. The summed E-state index contributed by atoms with van der Waals surface area (Å²) in [4.78, 5) is 17.9. The number of aromatic hydroxyl groups is 2. The number of halogens is 1. The van der Waals surface area contributed by atoms with Gasteiger partial charge in [0.1, 0.15) is 17.2 Å². The Morgan fingerprint density at radius 1 is 0.825 bits per heavy atom. The number of phenolic OH excluding ortho intramolecular Hbond substituents is 2. The largest absolute Gasteiger partial charge is 0.508 e. The van der Waals surface area contributed by atoms with Gasteiger partial charge in [0.25, 0.3) is 5.91 Å². The Morgan fingerprint density at radius 2 is 1.40 bits per heavy atom. The Bertz CT molecular complexity index is 1580. The van der Waals surface area contributed by atoms with Gasteiger partial charge >= 0.3 is 0 Å². The molecule has 0 radical (unpaired) electrons. The quantitative estimate of drug-likeness (QED) is 0.179. The Labute approximate surface area is 237 Å². The topological polar surface area (TPSA) is 91.7 Å². The average molecular weight is 551 g/mol. The molecule has 0 aliphatic carbocycles. The van der Waals surface area contributed by atoms with Gasteiger partial charge in [0, 0.05) is 22.6 Å². The monoisotopic (exact) mass is 550 g/mol. The zero-order valence-electron chi connectivity index (χ0n) is 21.9. The van der Waals surface area contributed by atoms with Gasteiger partial charge in [0.05, 0.1) is 11.9 Å². The Morgan fingerprint density at radius 3 is 1.95 bits per heavy atom. The molecule has 0 aliphatic rings. The molecule has 1 aromatic heterocycles. The predicted molar refractivity (Wildman–Crippen MR) is 157 cm³/mol. The Kier molecular flexibility index (Phi) is 7.71. The first-order chi connectivity index (χ1) is 19.3. The molecule has 5 aromatic rings. The number of anilines is 1. The highest BCUT2D eigenvalue weighted by Crippen LogP contribution is 2.36. The first-order valence-electron chi connectivity index (χ1n) is 12.7. The number of nitrogens with zero attached hydrogens (tertiary/aromatic N) is 1. The van der Waals surface area contributed by atoms with E-state index in [1.54, 1.807) is 48.7 Å². The van der Waals surface area contributed by atoms with Crippen LogP contribution >= 0.6 is 11.6 Å². The van der Waals surface area contributed by atoms with Crippen molar-refractivity contribution in [3.05, 3.63) is 142 Å². The third kappa shape index (κ3) is 5.92. The van der Waals surface area contributed by atoms with Crippen molar-refractivity contribution < 1.29 is 19.7 Å². The molecule has 200 valence electrons. The van der Waals surface area contributed by atoms with Crippen LogP contribution < -0.4 is 10.1 Å². The maximum Gasteiger partial charge on any atom is 0.256 e. The maximum absolute atomic E-state index is 13.5. The van der Waals surface area contributed by atoms with E-state index in [9.17, 15) is 15.0 Å². The summed E-state index contributed by atoms with van der Waals surface area (Å²) < 4.78 is 5.89. The van der Waals surface area contributed by atoms with Crippen LogP contribution in [-0.2, 0) is 0 Å². The third-order valence-electron chi connectivity index (χ3n) is 6.60. The molecule has 0 saturated carbocycles. The second-order valence-corrected chi connectivity index (χ2v) is 9.89. The lowest BCUT2D eigenvalue weighted by Crippen LogP contribution is -2.17. The van der Waals surface area contributed by atoms with Crippen molar-refractivity contribution >= 4 is 23.2 Å². The van der Waals surface area contributed by atoms with E-state index in [4.69, 9.17) is 16.3 Å². The van der Waals surface area contributed by atoms with Crippen molar-refractivity contribution in [3.8, 4) is 23.1 Å². The number of amides is 1. The highest BCUT2D eigenvalue weighted by molar-refractivity contribution is 6.32. The fraction of sp³-hybridized carbons (Fsp3) is 0.0909. The second kappa shape index (κ2) is 11.5. The number of carbonyl (C=O) groups is 1. The number of nitrogens with one attached hydrogen (secondary N) is 1. The van der Waals surface area contributed by atoms with E-state index >= 15 is 0 Å². The van der Waals surface area contributed by atoms with Gasteiger partial charge in [-0.15, -0.1) is 0 Å². The summed E-state index contributed by atoms with van der Waals surface area (Å²) in [7, 11) is 0. The fourth-order valence-corrected chi connectivity index (χ4v) is 4.75. The Hall–Kier alpha value is -4.81. The number of aromatic nitrogens is 1. The van der Waals surface area contributed by atoms with Gasteiger partial charge in [0.2, 0.25) is 5.88 Å². The number of ether oxygens (including phenoxy) is 1. The molecule has 1 heterocycles. The molecule has 0 atom stereocenters. The lowest BCUT2D eigenvalue weighted by atomic mass is 9.82. The number of hydrogen-bond donors (Lipinski definition) is 3. The Balaban J connectivity index is 1.41. The van der Waals surface area contributed by atoms with E-state index in [-0.39, 0.29) is 23.3 Å². The van der Waals surface area contributed by atoms with Crippen LogP contribution in [0.4, 0.5) is 5.69 Å². The number of pyridine rings is 1. The maximum atomic E-state index is 13.5. The van der Waals surface area contributed by atoms with Crippen LogP contribution in [0.25, 0.3) is 0 Å². The number of hydrogen-bond acceptors (Lipinski definition) is 5. The highest BCUT2D eigenvalue weighted by atomic mass is 35.5. The van der Waals surface area contributed by atoms with Crippen LogP contribution in [0, 0.1) is 13.8 Å². The molecule has 0 bridgehead atoms. The van der Waals surface area contributed by atoms with Crippen LogP contribution in [0.2, 0.25) is 5.02 Å².